The smallest absolute Gasteiger partial charge is 0.137 e. The first-order chi connectivity index (χ1) is 11.4. The molecule has 7 heteroatoms. The van der Waals surface area contributed by atoms with E-state index >= 15 is 0 Å². The maximum Gasteiger partial charge on any atom is 0.137 e. The van der Waals surface area contributed by atoms with Crippen LogP contribution in [0.1, 0.15) is 25.7 Å². The molecule has 0 radical (unpaired) electrons. The number of hydrogen-bond donors (Lipinski definition) is 0. The highest BCUT2D eigenvalue weighted by molar-refractivity contribution is 5.50. The third-order valence-corrected chi connectivity index (χ3v) is 4.82. The standard InChI is InChI=1S/C16H23N7/c1-2-6-21(5-1)15-8-16(19-12-18-15)22-7-3-4-14(9-22)10-23-13-17-11-20-23/h8,11-14H,1-7,9-10H2/t14-/m0/s1. The minimum atomic E-state index is 0.593. The van der Waals surface area contributed by atoms with Gasteiger partial charge in [0.1, 0.15) is 30.6 Å². The Hall–Kier alpha value is -2.18. The molecular weight excluding hydrogens is 290 g/mol. The summed E-state index contributed by atoms with van der Waals surface area (Å²) in [6.45, 7) is 5.26. The van der Waals surface area contributed by atoms with E-state index in [1.165, 1.54) is 25.7 Å². The molecule has 7 nitrogen and oxygen atoms in total. The van der Waals surface area contributed by atoms with Gasteiger partial charge in [0, 0.05) is 38.8 Å². The monoisotopic (exact) mass is 313 g/mol. The highest BCUT2D eigenvalue weighted by atomic mass is 15.3. The van der Waals surface area contributed by atoms with Crippen molar-refractivity contribution in [1.82, 2.24) is 24.7 Å². The topological polar surface area (TPSA) is 63.0 Å². The van der Waals surface area contributed by atoms with Crippen molar-refractivity contribution in [2.75, 3.05) is 36.0 Å². The number of hydrogen-bond acceptors (Lipinski definition) is 6. The molecule has 0 N–H and O–H groups in total. The van der Waals surface area contributed by atoms with Crippen LogP contribution in [0.4, 0.5) is 11.6 Å². The summed E-state index contributed by atoms with van der Waals surface area (Å²) < 4.78 is 1.93. The molecule has 2 fully saturated rings. The second-order valence-electron chi connectivity index (χ2n) is 6.50. The van der Waals surface area contributed by atoms with Crippen molar-refractivity contribution >= 4 is 11.6 Å². The van der Waals surface area contributed by atoms with Gasteiger partial charge in [0.2, 0.25) is 0 Å². The molecule has 4 rings (SSSR count). The summed E-state index contributed by atoms with van der Waals surface area (Å²) in [4.78, 5) is 17.8. The van der Waals surface area contributed by atoms with Crippen molar-refractivity contribution in [1.29, 1.82) is 0 Å². The predicted molar refractivity (Wildman–Crippen MR) is 88.4 cm³/mol. The van der Waals surface area contributed by atoms with Crippen molar-refractivity contribution in [2.45, 2.75) is 32.2 Å². The van der Waals surface area contributed by atoms with Crippen LogP contribution in [0, 0.1) is 5.92 Å². The molecular formula is C16H23N7. The van der Waals surface area contributed by atoms with Crippen LogP contribution in [0.2, 0.25) is 0 Å². The summed E-state index contributed by atoms with van der Waals surface area (Å²) in [5.74, 6) is 2.73. The molecule has 2 aliphatic heterocycles. The maximum atomic E-state index is 4.52. The lowest BCUT2D eigenvalue weighted by molar-refractivity contribution is 0.350. The Morgan fingerprint density at radius 3 is 2.52 bits per heavy atom. The maximum absolute atomic E-state index is 4.52. The summed E-state index contributed by atoms with van der Waals surface area (Å²) in [5, 5.41) is 4.23. The third-order valence-electron chi connectivity index (χ3n) is 4.82. The second-order valence-corrected chi connectivity index (χ2v) is 6.50. The molecule has 0 aromatic carbocycles. The van der Waals surface area contributed by atoms with E-state index < -0.39 is 0 Å². The fraction of sp³-hybridized carbons (Fsp3) is 0.625. The average Bonchev–Trinajstić information content (AvgIpc) is 3.29. The Morgan fingerprint density at radius 2 is 1.74 bits per heavy atom. The number of aromatic nitrogens is 5. The van der Waals surface area contributed by atoms with Gasteiger partial charge < -0.3 is 9.80 Å². The normalized spacial score (nSPS) is 21.8. The fourth-order valence-electron chi connectivity index (χ4n) is 3.64. The van der Waals surface area contributed by atoms with Crippen LogP contribution < -0.4 is 9.80 Å². The predicted octanol–water partition coefficient (Wildman–Crippen LogP) is 1.58. The molecule has 2 aliphatic rings. The molecule has 2 aromatic heterocycles. The summed E-state index contributed by atoms with van der Waals surface area (Å²) >= 11 is 0. The summed E-state index contributed by atoms with van der Waals surface area (Å²) in [7, 11) is 0. The SMILES string of the molecule is c1nc(N2CCCC2)cc(N2CCC[C@H](Cn3cncn3)C2)n1. The average molecular weight is 313 g/mol. The highest BCUT2D eigenvalue weighted by Gasteiger charge is 2.23. The van der Waals surface area contributed by atoms with E-state index in [1.807, 2.05) is 4.68 Å². The first-order valence-corrected chi connectivity index (χ1v) is 8.53. The molecule has 0 unspecified atom stereocenters. The lowest BCUT2D eigenvalue weighted by atomic mass is 9.98. The van der Waals surface area contributed by atoms with Crippen LogP contribution in [0.25, 0.3) is 0 Å². The molecule has 1 atom stereocenters. The molecule has 23 heavy (non-hydrogen) atoms. The molecule has 122 valence electrons. The van der Waals surface area contributed by atoms with Gasteiger partial charge in [0.25, 0.3) is 0 Å². The summed E-state index contributed by atoms with van der Waals surface area (Å²) in [5.41, 5.74) is 0. The van der Waals surface area contributed by atoms with Gasteiger partial charge in [-0.15, -0.1) is 0 Å². The third kappa shape index (κ3) is 3.28. The molecule has 2 saturated heterocycles. The van der Waals surface area contributed by atoms with Gasteiger partial charge in [-0.2, -0.15) is 5.10 Å². The van der Waals surface area contributed by atoms with E-state index in [1.54, 1.807) is 19.0 Å². The number of anilines is 2. The van der Waals surface area contributed by atoms with E-state index in [0.29, 0.717) is 5.92 Å². The van der Waals surface area contributed by atoms with E-state index in [2.05, 4.69) is 35.9 Å². The van der Waals surface area contributed by atoms with Crippen LogP contribution >= 0.6 is 0 Å². The minimum Gasteiger partial charge on any atom is -0.356 e. The summed E-state index contributed by atoms with van der Waals surface area (Å²) in [6.07, 6.45) is 10.1. The Kier molecular flexibility index (Phi) is 4.08. The molecule has 2 aromatic rings. The fourth-order valence-corrected chi connectivity index (χ4v) is 3.64. The Morgan fingerprint density at radius 1 is 0.957 bits per heavy atom. The minimum absolute atomic E-state index is 0.593. The van der Waals surface area contributed by atoms with E-state index in [0.717, 1.165) is 44.4 Å². The zero-order valence-electron chi connectivity index (χ0n) is 13.4. The van der Waals surface area contributed by atoms with Gasteiger partial charge in [-0.05, 0) is 31.6 Å². The second kappa shape index (κ2) is 6.52. The van der Waals surface area contributed by atoms with Gasteiger partial charge in [-0.25, -0.2) is 15.0 Å². The highest BCUT2D eigenvalue weighted by Crippen LogP contribution is 2.25. The van der Waals surface area contributed by atoms with Crippen LogP contribution in [-0.2, 0) is 6.54 Å². The van der Waals surface area contributed by atoms with Crippen molar-refractivity contribution in [3.05, 3.63) is 25.0 Å². The van der Waals surface area contributed by atoms with Crippen LogP contribution in [0.5, 0.6) is 0 Å². The van der Waals surface area contributed by atoms with Gasteiger partial charge in [-0.3, -0.25) is 4.68 Å². The van der Waals surface area contributed by atoms with E-state index in [-0.39, 0.29) is 0 Å². The molecule has 0 saturated carbocycles. The molecule has 0 bridgehead atoms. The van der Waals surface area contributed by atoms with Gasteiger partial charge >= 0.3 is 0 Å². The van der Waals surface area contributed by atoms with E-state index in [9.17, 15) is 0 Å². The van der Waals surface area contributed by atoms with Crippen molar-refractivity contribution in [2.24, 2.45) is 5.92 Å². The Bertz CT molecular complexity index is 621. The zero-order valence-corrected chi connectivity index (χ0v) is 13.4. The Balaban J connectivity index is 1.45. The van der Waals surface area contributed by atoms with Crippen LogP contribution in [0.3, 0.4) is 0 Å². The van der Waals surface area contributed by atoms with Gasteiger partial charge in [-0.1, -0.05) is 0 Å². The lowest BCUT2D eigenvalue weighted by Gasteiger charge is -2.33. The quantitative estimate of drug-likeness (QED) is 0.854. The Labute approximate surface area is 136 Å². The van der Waals surface area contributed by atoms with Gasteiger partial charge in [0.15, 0.2) is 0 Å². The summed E-state index contributed by atoms with van der Waals surface area (Å²) in [6, 6.07) is 2.16. The van der Waals surface area contributed by atoms with Crippen molar-refractivity contribution in [3.63, 3.8) is 0 Å². The van der Waals surface area contributed by atoms with E-state index in [4.69, 9.17) is 0 Å². The van der Waals surface area contributed by atoms with Crippen LogP contribution in [-0.4, -0.2) is 50.9 Å². The van der Waals surface area contributed by atoms with Crippen molar-refractivity contribution < 1.29 is 0 Å². The number of rotatable bonds is 4. The van der Waals surface area contributed by atoms with Gasteiger partial charge in [0.05, 0.1) is 0 Å². The first kappa shape index (κ1) is 14.4. The molecule has 0 aliphatic carbocycles. The molecule has 0 amide bonds. The first-order valence-electron chi connectivity index (χ1n) is 8.53. The van der Waals surface area contributed by atoms with Crippen LogP contribution in [0.15, 0.2) is 25.0 Å². The molecule has 4 heterocycles. The number of piperidine rings is 1. The molecule has 0 spiro atoms. The largest absolute Gasteiger partial charge is 0.356 e. The zero-order chi connectivity index (χ0) is 15.5. The lowest BCUT2D eigenvalue weighted by Crippen LogP contribution is -2.37. The number of nitrogens with zero attached hydrogens (tertiary/aromatic N) is 7. The van der Waals surface area contributed by atoms with Crippen molar-refractivity contribution in [3.8, 4) is 0 Å².